The molecular formula is C16H17NO3. The lowest BCUT2D eigenvalue weighted by atomic mass is 9.77. The Bertz CT molecular complexity index is 629. The lowest BCUT2D eigenvalue weighted by Gasteiger charge is -2.41. The van der Waals surface area contributed by atoms with Crippen LogP contribution in [0.4, 0.5) is 0 Å². The van der Waals surface area contributed by atoms with Gasteiger partial charge in [0.1, 0.15) is 16.9 Å². The Balaban J connectivity index is 1.90. The summed E-state index contributed by atoms with van der Waals surface area (Å²) in [7, 11) is 1.41. The van der Waals surface area contributed by atoms with Crippen molar-refractivity contribution < 1.29 is 14.3 Å². The van der Waals surface area contributed by atoms with Crippen molar-refractivity contribution in [1.82, 2.24) is 4.98 Å². The lowest BCUT2D eigenvalue weighted by Crippen LogP contribution is -2.45. The minimum Gasteiger partial charge on any atom is -0.484 e. The quantitative estimate of drug-likeness (QED) is 0.802. The second-order valence-electron chi connectivity index (χ2n) is 5.22. The fraction of sp³-hybridized carbons (Fsp3) is 0.375. The number of rotatable bonds is 4. The molecule has 1 aliphatic carbocycles. The number of hydrogen-bond acceptors (Lipinski definition) is 4. The third-order valence-corrected chi connectivity index (χ3v) is 3.88. The maximum Gasteiger partial charge on any atom is 0.309 e. The van der Waals surface area contributed by atoms with E-state index >= 15 is 0 Å². The lowest BCUT2D eigenvalue weighted by molar-refractivity contribution is -0.148. The average molecular weight is 271 g/mol. The molecular weight excluding hydrogens is 254 g/mol. The molecule has 1 aliphatic rings. The van der Waals surface area contributed by atoms with Crippen LogP contribution in [-0.2, 0) is 9.53 Å². The van der Waals surface area contributed by atoms with Crippen molar-refractivity contribution in [1.29, 1.82) is 0 Å². The van der Waals surface area contributed by atoms with Crippen LogP contribution in [0.15, 0.2) is 36.5 Å². The molecule has 1 saturated carbocycles. The van der Waals surface area contributed by atoms with Gasteiger partial charge in [0.05, 0.1) is 13.5 Å². The molecule has 1 fully saturated rings. The predicted octanol–water partition coefficient (Wildman–Crippen LogP) is 3.10. The van der Waals surface area contributed by atoms with Gasteiger partial charge < -0.3 is 9.47 Å². The molecule has 0 aliphatic heterocycles. The Hall–Kier alpha value is -2.10. The molecule has 0 bridgehead atoms. The van der Waals surface area contributed by atoms with Crippen molar-refractivity contribution >= 4 is 16.9 Å². The summed E-state index contributed by atoms with van der Waals surface area (Å²) in [6.07, 6.45) is 4.89. The molecule has 2 aromatic rings. The zero-order valence-corrected chi connectivity index (χ0v) is 11.5. The second-order valence-corrected chi connectivity index (χ2v) is 5.22. The third kappa shape index (κ3) is 2.33. The van der Waals surface area contributed by atoms with E-state index < -0.39 is 5.60 Å². The third-order valence-electron chi connectivity index (χ3n) is 3.88. The number of fused-ring (bicyclic) bond motifs is 1. The fourth-order valence-electron chi connectivity index (χ4n) is 2.61. The van der Waals surface area contributed by atoms with Crippen molar-refractivity contribution in [3.63, 3.8) is 0 Å². The zero-order valence-electron chi connectivity index (χ0n) is 11.5. The second kappa shape index (κ2) is 5.12. The number of esters is 1. The van der Waals surface area contributed by atoms with Crippen molar-refractivity contribution in [2.75, 3.05) is 7.11 Å². The van der Waals surface area contributed by atoms with Gasteiger partial charge in [-0.2, -0.15) is 0 Å². The molecule has 0 N–H and O–H groups in total. The molecule has 3 rings (SSSR count). The molecule has 1 aromatic carbocycles. The van der Waals surface area contributed by atoms with E-state index in [0.717, 1.165) is 35.9 Å². The van der Waals surface area contributed by atoms with E-state index in [4.69, 9.17) is 9.47 Å². The normalized spacial score (nSPS) is 16.4. The van der Waals surface area contributed by atoms with Crippen molar-refractivity contribution in [2.24, 2.45) is 0 Å². The Kier molecular flexibility index (Phi) is 3.30. The summed E-state index contributed by atoms with van der Waals surface area (Å²) >= 11 is 0. The highest BCUT2D eigenvalue weighted by Crippen LogP contribution is 2.41. The van der Waals surface area contributed by atoms with Crippen molar-refractivity contribution in [3.8, 4) is 5.75 Å². The van der Waals surface area contributed by atoms with Gasteiger partial charge in [0, 0.05) is 11.6 Å². The first-order valence-corrected chi connectivity index (χ1v) is 6.82. The topological polar surface area (TPSA) is 48.4 Å². The van der Waals surface area contributed by atoms with Gasteiger partial charge in [-0.15, -0.1) is 0 Å². The average Bonchev–Trinajstić information content (AvgIpc) is 2.45. The summed E-state index contributed by atoms with van der Waals surface area (Å²) < 4.78 is 10.9. The highest BCUT2D eigenvalue weighted by atomic mass is 16.5. The van der Waals surface area contributed by atoms with Gasteiger partial charge in [0.2, 0.25) is 0 Å². The standard InChI is InChI=1S/C16H17NO3/c1-19-14(18)11-16(8-4-9-16)20-13-7-2-5-12-6-3-10-17-15(12)13/h2-3,5-7,10H,4,8-9,11H2,1H3. The molecule has 0 atom stereocenters. The fourth-order valence-corrected chi connectivity index (χ4v) is 2.61. The van der Waals surface area contributed by atoms with Crippen LogP contribution in [0.2, 0.25) is 0 Å². The number of carbonyl (C=O) groups is 1. The molecule has 4 nitrogen and oxygen atoms in total. The maximum atomic E-state index is 11.6. The Labute approximate surface area is 117 Å². The van der Waals surface area contributed by atoms with Gasteiger partial charge in [-0.1, -0.05) is 18.2 Å². The SMILES string of the molecule is COC(=O)CC1(Oc2cccc3cccnc23)CCC1. The molecule has 0 amide bonds. The van der Waals surface area contributed by atoms with Gasteiger partial charge in [0.15, 0.2) is 0 Å². The van der Waals surface area contributed by atoms with Crippen molar-refractivity contribution in [3.05, 3.63) is 36.5 Å². The Morgan fingerprint density at radius 1 is 1.30 bits per heavy atom. The van der Waals surface area contributed by atoms with Crippen LogP contribution >= 0.6 is 0 Å². The number of ether oxygens (including phenoxy) is 2. The van der Waals surface area contributed by atoms with E-state index in [-0.39, 0.29) is 5.97 Å². The van der Waals surface area contributed by atoms with E-state index in [9.17, 15) is 4.79 Å². The van der Waals surface area contributed by atoms with Crippen LogP contribution in [0, 0.1) is 0 Å². The molecule has 1 heterocycles. The van der Waals surface area contributed by atoms with Gasteiger partial charge in [-0.25, -0.2) is 0 Å². The smallest absolute Gasteiger partial charge is 0.309 e. The molecule has 104 valence electrons. The largest absolute Gasteiger partial charge is 0.484 e. The van der Waals surface area contributed by atoms with Crippen LogP contribution in [0.1, 0.15) is 25.7 Å². The van der Waals surface area contributed by atoms with Crippen LogP contribution in [-0.4, -0.2) is 23.7 Å². The number of para-hydroxylation sites is 1. The van der Waals surface area contributed by atoms with E-state index in [0.29, 0.717) is 6.42 Å². The van der Waals surface area contributed by atoms with Crippen molar-refractivity contribution in [2.45, 2.75) is 31.3 Å². The van der Waals surface area contributed by atoms with Crippen LogP contribution in [0.25, 0.3) is 10.9 Å². The number of aromatic nitrogens is 1. The van der Waals surface area contributed by atoms with Gasteiger partial charge in [-0.3, -0.25) is 9.78 Å². The molecule has 1 aromatic heterocycles. The Morgan fingerprint density at radius 3 is 2.80 bits per heavy atom. The molecule has 0 unspecified atom stereocenters. The van der Waals surface area contributed by atoms with E-state index in [1.165, 1.54) is 7.11 Å². The van der Waals surface area contributed by atoms with Gasteiger partial charge >= 0.3 is 5.97 Å². The summed E-state index contributed by atoms with van der Waals surface area (Å²) in [5.74, 6) is 0.518. The monoisotopic (exact) mass is 271 g/mol. The molecule has 20 heavy (non-hydrogen) atoms. The molecule has 0 spiro atoms. The van der Waals surface area contributed by atoms with Crippen LogP contribution in [0.5, 0.6) is 5.75 Å². The zero-order chi connectivity index (χ0) is 14.0. The summed E-state index contributed by atoms with van der Waals surface area (Å²) in [5, 5.41) is 1.04. The van der Waals surface area contributed by atoms with E-state index in [1.54, 1.807) is 6.20 Å². The Morgan fingerprint density at radius 2 is 2.10 bits per heavy atom. The van der Waals surface area contributed by atoms with Gasteiger partial charge in [-0.05, 0) is 31.4 Å². The highest BCUT2D eigenvalue weighted by molar-refractivity contribution is 5.84. The number of benzene rings is 1. The molecule has 4 heteroatoms. The minimum atomic E-state index is -0.418. The van der Waals surface area contributed by atoms with Gasteiger partial charge in [0.25, 0.3) is 0 Å². The van der Waals surface area contributed by atoms with E-state index in [1.807, 2.05) is 30.3 Å². The molecule has 0 saturated heterocycles. The first kappa shape index (κ1) is 12.9. The highest BCUT2D eigenvalue weighted by Gasteiger charge is 2.42. The number of methoxy groups -OCH3 is 1. The predicted molar refractivity (Wildman–Crippen MR) is 75.6 cm³/mol. The summed E-state index contributed by atoms with van der Waals surface area (Å²) in [6, 6.07) is 9.77. The first-order valence-electron chi connectivity index (χ1n) is 6.82. The minimum absolute atomic E-state index is 0.224. The summed E-state index contributed by atoms with van der Waals surface area (Å²) in [4.78, 5) is 15.9. The van der Waals surface area contributed by atoms with Crippen LogP contribution in [0.3, 0.4) is 0 Å². The van der Waals surface area contributed by atoms with Crippen LogP contribution < -0.4 is 4.74 Å². The first-order chi connectivity index (χ1) is 9.72. The van der Waals surface area contributed by atoms with E-state index in [2.05, 4.69) is 4.98 Å². The summed E-state index contributed by atoms with van der Waals surface area (Å²) in [5.41, 5.74) is 0.421. The number of nitrogens with zero attached hydrogens (tertiary/aromatic N) is 1. The number of carbonyl (C=O) groups excluding carboxylic acids is 1. The summed E-state index contributed by atoms with van der Waals surface area (Å²) in [6.45, 7) is 0. The maximum absolute atomic E-state index is 11.6. The molecule has 0 radical (unpaired) electrons. The number of pyridine rings is 1. The number of hydrogen-bond donors (Lipinski definition) is 0.